The van der Waals surface area contributed by atoms with Gasteiger partial charge in [0.2, 0.25) is 0 Å². The molecule has 0 saturated carbocycles. The number of aliphatic carboxylic acids is 1. The van der Waals surface area contributed by atoms with Crippen molar-refractivity contribution in [2.75, 3.05) is 19.8 Å². The van der Waals surface area contributed by atoms with Gasteiger partial charge in [-0.25, -0.2) is 0 Å². The Morgan fingerprint density at radius 2 is 1.58 bits per heavy atom. The molecule has 0 heterocycles. The van der Waals surface area contributed by atoms with Crippen LogP contribution in [0.25, 0.3) is 0 Å². The van der Waals surface area contributed by atoms with E-state index in [0.717, 1.165) is 0 Å². The highest BCUT2D eigenvalue weighted by atomic mass is 16.7. The van der Waals surface area contributed by atoms with Gasteiger partial charge < -0.3 is 19.3 Å². The zero-order chi connectivity index (χ0) is 14.5. The first kappa shape index (κ1) is 17.9. The minimum Gasteiger partial charge on any atom is -0.481 e. The number of rotatable bonds is 12. The van der Waals surface area contributed by atoms with Gasteiger partial charge in [-0.3, -0.25) is 9.59 Å². The van der Waals surface area contributed by atoms with E-state index in [-0.39, 0.29) is 19.0 Å². The van der Waals surface area contributed by atoms with Gasteiger partial charge in [0, 0.05) is 26.1 Å². The van der Waals surface area contributed by atoms with E-state index in [4.69, 9.17) is 19.3 Å². The summed E-state index contributed by atoms with van der Waals surface area (Å²) in [6.45, 7) is 4.77. The molecule has 0 fully saturated rings. The van der Waals surface area contributed by atoms with Crippen LogP contribution in [0.2, 0.25) is 0 Å². The van der Waals surface area contributed by atoms with Gasteiger partial charge in [0.15, 0.2) is 6.29 Å². The van der Waals surface area contributed by atoms with Gasteiger partial charge in [0.1, 0.15) is 6.61 Å². The Morgan fingerprint density at radius 3 is 2.11 bits per heavy atom. The van der Waals surface area contributed by atoms with Gasteiger partial charge >= 0.3 is 11.9 Å². The van der Waals surface area contributed by atoms with Crippen LogP contribution in [0.1, 0.15) is 46.0 Å². The van der Waals surface area contributed by atoms with E-state index < -0.39 is 12.3 Å². The number of carboxylic acid groups (broad SMARTS) is 1. The van der Waals surface area contributed by atoms with Gasteiger partial charge in [-0.15, -0.1) is 0 Å². The number of hydrogen-bond acceptors (Lipinski definition) is 5. The number of esters is 1. The smallest absolute Gasteiger partial charge is 0.305 e. The average molecular weight is 276 g/mol. The monoisotopic (exact) mass is 276 g/mol. The predicted molar refractivity (Wildman–Crippen MR) is 68.7 cm³/mol. The van der Waals surface area contributed by atoms with Crippen LogP contribution in [0.15, 0.2) is 0 Å². The maximum Gasteiger partial charge on any atom is 0.305 e. The summed E-state index contributed by atoms with van der Waals surface area (Å²) in [6, 6.07) is 0. The molecule has 0 atom stereocenters. The average Bonchev–Trinajstić information content (AvgIpc) is 2.35. The third-order valence-electron chi connectivity index (χ3n) is 2.36. The summed E-state index contributed by atoms with van der Waals surface area (Å²) in [7, 11) is 0. The van der Waals surface area contributed by atoms with E-state index in [9.17, 15) is 9.59 Å². The summed E-state index contributed by atoms with van der Waals surface area (Å²) in [5.41, 5.74) is 0. The van der Waals surface area contributed by atoms with E-state index in [1.54, 1.807) is 0 Å². The lowest BCUT2D eigenvalue weighted by atomic mass is 10.1. The Balaban J connectivity index is 3.58. The van der Waals surface area contributed by atoms with Crippen molar-refractivity contribution >= 4 is 11.9 Å². The Labute approximate surface area is 114 Å². The van der Waals surface area contributed by atoms with Crippen LogP contribution in [0.4, 0.5) is 0 Å². The molecule has 19 heavy (non-hydrogen) atoms. The van der Waals surface area contributed by atoms with Crippen molar-refractivity contribution < 1.29 is 28.9 Å². The van der Waals surface area contributed by atoms with Gasteiger partial charge in [0.25, 0.3) is 0 Å². The third-order valence-corrected chi connectivity index (χ3v) is 2.36. The second kappa shape index (κ2) is 11.9. The Hall–Kier alpha value is -1.14. The Bertz CT molecular complexity index is 248. The predicted octanol–water partition coefficient (Wildman–Crippen LogP) is 1.96. The molecule has 0 amide bonds. The summed E-state index contributed by atoms with van der Waals surface area (Å²) in [5, 5.41) is 8.45. The molecule has 0 bridgehead atoms. The van der Waals surface area contributed by atoms with Gasteiger partial charge in [-0.2, -0.15) is 0 Å². The molecule has 0 aromatic rings. The summed E-state index contributed by atoms with van der Waals surface area (Å²) >= 11 is 0. The number of carboxylic acids is 1. The molecule has 0 saturated heterocycles. The first-order valence-electron chi connectivity index (χ1n) is 6.70. The molecule has 0 aromatic heterocycles. The molecule has 0 radical (unpaired) electrons. The number of unbranched alkanes of at least 4 members (excludes halogenated alkanes) is 2. The van der Waals surface area contributed by atoms with Crippen molar-refractivity contribution in [2.45, 2.75) is 52.2 Å². The third kappa shape index (κ3) is 11.7. The van der Waals surface area contributed by atoms with Crippen LogP contribution in [0, 0.1) is 0 Å². The van der Waals surface area contributed by atoms with Crippen molar-refractivity contribution in [1.82, 2.24) is 0 Å². The molecule has 6 heteroatoms. The van der Waals surface area contributed by atoms with Crippen LogP contribution >= 0.6 is 0 Å². The van der Waals surface area contributed by atoms with Crippen molar-refractivity contribution in [3.8, 4) is 0 Å². The minimum atomic E-state index is -0.807. The summed E-state index contributed by atoms with van der Waals surface area (Å²) < 4.78 is 15.5. The maximum absolute atomic E-state index is 11.4. The molecule has 0 aliphatic carbocycles. The Kier molecular flexibility index (Phi) is 11.2. The normalized spacial score (nSPS) is 10.7. The second-order valence-electron chi connectivity index (χ2n) is 3.98. The lowest BCUT2D eigenvalue weighted by Crippen LogP contribution is -2.25. The quantitative estimate of drug-likeness (QED) is 0.333. The highest BCUT2D eigenvalue weighted by Gasteiger charge is 2.11. The number of ether oxygens (including phenoxy) is 3. The zero-order valence-corrected chi connectivity index (χ0v) is 11.7. The summed E-state index contributed by atoms with van der Waals surface area (Å²) in [4.78, 5) is 21.7. The number of hydrogen-bond donors (Lipinski definition) is 1. The molecule has 1 N–H and O–H groups in total. The van der Waals surface area contributed by atoms with E-state index in [1.165, 1.54) is 0 Å². The highest BCUT2D eigenvalue weighted by Crippen LogP contribution is 2.05. The fraction of sp³-hybridized carbons (Fsp3) is 0.846. The van der Waals surface area contributed by atoms with Crippen LogP contribution in [-0.4, -0.2) is 43.2 Å². The lowest BCUT2D eigenvalue weighted by Gasteiger charge is -2.16. The van der Waals surface area contributed by atoms with E-state index in [2.05, 4.69) is 0 Å². The molecule has 112 valence electrons. The van der Waals surface area contributed by atoms with Gasteiger partial charge in [0.05, 0.1) is 0 Å². The molecule has 0 aliphatic rings. The van der Waals surface area contributed by atoms with Crippen molar-refractivity contribution in [2.24, 2.45) is 0 Å². The first-order chi connectivity index (χ1) is 9.10. The van der Waals surface area contributed by atoms with Crippen LogP contribution in [0.5, 0.6) is 0 Å². The molecular weight excluding hydrogens is 252 g/mol. The van der Waals surface area contributed by atoms with E-state index >= 15 is 0 Å². The lowest BCUT2D eigenvalue weighted by molar-refractivity contribution is -0.179. The van der Waals surface area contributed by atoms with Crippen molar-refractivity contribution in [1.29, 1.82) is 0 Å². The molecular formula is C13H24O6. The highest BCUT2D eigenvalue weighted by molar-refractivity contribution is 5.69. The molecule has 0 unspecified atom stereocenters. The van der Waals surface area contributed by atoms with E-state index in [1.807, 2.05) is 13.8 Å². The SMILES string of the molecule is CCOC(COC(=O)CCCCCC(=O)O)OCC. The minimum absolute atomic E-state index is 0.0929. The number of carbonyl (C=O) groups excluding carboxylic acids is 1. The maximum atomic E-state index is 11.4. The number of carbonyl (C=O) groups is 2. The fourth-order valence-electron chi connectivity index (χ4n) is 1.47. The van der Waals surface area contributed by atoms with Crippen LogP contribution in [0.3, 0.4) is 0 Å². The molecule has 0 spiro atoms. The van der Waals surface area contributed by atoms with Crippen molar-refractivity contribution in [3.05, 3.63) is 0 Å². The molecule has 0 aliphatic heterocycles. The second-order valence-corrected chi connectivity index (χ2v) is 3.98. The summed E-state index contributed by atoms with van der Waals surface area (Å²) in [5.74, 6) is -1.11. The van der Waals surface area contributed by atoms with Crippen LogP contribution in [-0.2, 0) is 23.8 Å². The van der Waals surface area contributed by atoms with E-state index in [0.29, 0.717) is 38.9 Å². The first-order valence-corrected chi connectivity index (χ1v) is 6.70. The molecule has 0 aromatic carbocycles. The molecule has 6 nitrogen and oxygen atoms in total. The van der Waals surface area contributed by atoms with Gasteiger partial charge in [-0.05, 0) is 26.7 Å². The zero-order valence-electron chi connectivity index (χ0n) is 11.7. The Morgan fingerprint density at radius 1 is 1.00 bits per heavy atom. The standard InChI is InChI=1S/C13H24O6/c1-3-17-13(18-4-2)10-19-12(16)9-7-5-6-8-11(14)15/h13H,3-10H2,1-2H3,(H,14,15). The summed E-state index contributed by atoms with van der Waals surface area (Å²) in [6.07, 6.45) is 1.87. The van der Waals surface area contributed by atoms with Crippen LogP contribution < -0.4 is 0 Å². The van der Waals surface area contributed by atoms with Gasteiger partial charge in [-0.1, -0.05) is 6.42 Å². The fourth-order valence-corrected chi connectivity index (χ4v) is 1.47. The largest absolute Gasteiger partial charge is 0.481 e. The molecule has 0 rings (SSSR count). The topological polar surface area (TPSA) is 82.1 Å². The van der Waals surface area contributed by atoms with Crippen molar-refractivity contribution in [3.63, 3.8) is 0 Å².